The van der Waals surface area contributed by atoms with Gasteiger partial charge in [0, 0.05) is 17.5 Å². The van der Waals surface area contributed by atoms with Crippen molar-refractivity contribution in [3.05, 3.63) is 102 Å². The Hall–Kier alpha value is -4.59. The fourth-order valence-electron chi connectivity index (χ4n) is 4.22. The van der Waals surface area contributed by atoms with Crippen LogP contribution in [0.1, 0.15) is 28.4 Å². The van der Waals surface area contributed by atoms with E-state index in [-0.39, 0.29) is 18.3 Å². The van der Waals surface area contributed by atoms with Gasteiger partial charge in [-0.3, -0.25) is 0 Å². The summed E-state index contributed by atoms with van der Waals surface area (Å²) in [6, 6.07) is 22.5. The van der Waals surface area contributed by atoms with E-state index >= 15 is 0 Å². The summed E-state index contributed by atoms with van der Waals surface area (Å²) >= 11 is 0. The van der Waals surface area contributed by atoms with Crippen LogP contribution >= 0.6 is 0 Å². The molecule has 8 heteroatoms. The third kappa shape index (κ3) is 3.45. The summed E-state index contributed by atoms with van der Waals surface area (Å²) < 4.78 is 18.9. The lowest BCUT2D eigenvalue weighted by atomic mass is 9.84. The zero-order chi connectivity index (χ0) is 23.1. The van der Waals surface area contributed by atoms with Crippen molar-refractivity contribution in [1.82, 2.24) is 19.6 Å². The van der Waals surface area contributed by atoms with E-state index in [1.165, 1.54) is 0 Å². The van der Waals surface area contributed by atoms with E-state index in [1.807, 2.05) is 60.7 Å². The highest BCUT2D eigenvalue weighted by atomic mass is 16.5. The summed E-state index contributed by atoms with van der Waals surface area (Å²) in [4.78, 5) is 9.28. The average Bonchev–Trinajstić information content (AvgIpc) is 3.30. The minimum Gasteiger partial charge on any atom is -0.508 e. The number of ether oxygens (including phenoxy) is 3. The second kappa shape index (κ2) is 8.08. The molecule has 1 atom stereocenters. The minimum atomic E-state index is -0.228. The maximum Gasteiger partial charge on any atom is 0.228 e. The van der Waals surface area contributed by atoms with Gasteiger partial charge in [-0.25, -0.2) is 14.5 Å². The summed E-state index contributed by atoms with van der Waals surface area (Å²) in [5.74, 6) is 2.92. The van der Waals surface area contributed by atoms with Crippen LogP contribution in [0.4, 0.5) is 0 Å². The molecular formula is C26H20N4O4. The second-order valence-corrected chi connectivity index (χ2v) is 7.89. The molecule has 0 radical (unpaired) electrons. The third-order valence-corrected chi connectivity index (χ3v) is 5.79. The molecule has 168 valence electrons. The topological polar surface area (TPSA) is 91.0 Å². The Bertz CT molecular complexity index is 1480. The fraction of sp³-hybridized carbons (Fsp3) is 0.115. The van der Waals surface area contributed by atoms with Gasteiger partial charge in [0.15, 0.2) is 11.5 Å². The number of fused-ring (bicyclic) bond motifs is 4. The Morgan fingerprint density at radius 3 is 2.62 bits per heavy atom. The van der Waals surface area contributed by atoms with Crippen molar-refractivity contribution in [1.29, 1.82) is 0 Å². The summed E-state index contributed by atoms with van der Waals surface area (Å²) in [6.07, 6.45) is 1.58. The van der Waals surface area contributed by atoms with Gasteiger partial charge >= 0.3 is 0 Å². The standard InChI is InChI=1S/C26H20N4O4/c1-32-18-10-7-16(8-11-18)23-20-12-9-17(31)13-21(20)34-26-24(23)25-28-22(29-30(25)15-27-26)14-33-19-5-3-2-4-6-19/h2-13,15,23,31H,14H2,1H3/t23-/m0/s1. The number of hydrogen-bond acceptors (Lipinski definition) is 7. The number of rotatable bonds is 5. The Kier molecular flexibility index (Phi) is 4.76. The highest BCUT2D eigenvalue weighted by molar-refractivity contribution is 5.66. The van der Waals surface area contributed by atoms with Gasteiger partial charge in [-0.2, -0.15) is 0 Å². The predicted molar refractivity (Wildman–Crippen MR) is 124 cm³/mol. The summed E-state index contributed by atoms with van der Waals surface area (Å²) in [7, 11) is 1.64. The number of hydrogen-bond donors (Lipinski definition) is 1. The van der Waals surface area contributed by atoms with Crippen molar-refractivity contribution < 1.29 is 19.3 Å². The van der Waals surface area contributed by atoms with Crippen molar-refractivity contribution in [3.63, 3.8) is 0 Å². The Balaban J connectivity index is 1.47. The molecule has 2 aromatic heterocycles. The Morgan fingerprint density at radius 2 is 1.82 bits per heavy atom. The van der Waals surface area contributed by atoms with Crippen LogP contribution in [0.5, 0.6) is 28.9 Å². The van der Waals surface area contributed by atoms with Gasteiger partial charge in [0.05, 0.1) is 12.7 Å². The van der Waals surface area contributed by atoms with Gasteiger partial charge in [0.2, 0.25) is 5.88 Å². The molecule has 8 nitrogen and oxygen atoms in total. The number of methoxy groups -OCH3 is 1. The second-order valence-electron chi connectivity index (χ2n) is 7.89. The molecule has 0 aliphatic carbocycles. The largest absolute Gasteiger partial charge is 0.508 e. The number of para-hydroxylation sites is 1. The van der Waals surface area contributed by atoms with E-state index in [4.69, 9.17) is 19.2 Å². The van der Waals surface area contributed by atoms with E-state index in [0.717, 1.165) is 28.2 Å². The summed E-state index contributed by atoms with van der Waals surface area (Å²) in [5.41, 5.74) is 3.34. The van der Waals surface area contributed by atoms with E-state index < -0.39 is 0 Å². The van der Waals surface area contributed by atoms with Crippen LogP contribution in [0.2, 0.25) is 0 Å². The maximum absolute atomic E-state index is 10.0. The quantitative estimate of drug-likeness (QED) is 0.405. The predicted octanol–water partition coefficient (Wildman–Crippen LogP) is 4.70. The Labute approximate surface area is 195 Å². The molecule has 5 aromatic rings. The highest BCUT2D eigenvalue weighted by Gasteiger charge is 2.33. The van der Waals surface area contributed by atoms with Crippen molar-refractivity contribution in [3.8, 4) is 28.9 Å². The Morgan fingerprint density at radius 1 is 1.00 bits per heavy atom. The van der Waals surface area contributed by atoms with Crippen LogP contribution in [0.15, 0.2) is 79.1 Å². The molecule has 0 bridgehead atoms. The van der Waals surface area contributed by atoms with Gasteiger partial charge in [0.25, 0.3) is 0 Å². The minimum absolute atomic E-state index is 0.125. The van der Waals surface area contributed by atoms with E-state index in [1.54, 1.807) is 30.1 Å². The lowest BCUT2D eigenvalue weighted by Gasteiger charge is -2.28. The van der Waals surface area contributed by atoms with Crippen LogP contribution in [0.25, 0.3) is 5.65 Å². The first-order valence-electron chi connectivity index (χ1n) is 10.8. The van der Waals surface area contributed by atoms with Crippen LogP contribution in [-0.4, -0.2) is 31.8 Å². The van der Waals surface area contributed by atoms with Crippen LogP contribution in [0.3, 0.4) is 0 Å². The first kappa shape index (κ1) is 20.0. The number of aromatic nitrogens is 4. The molecular weight excluding hydrogens is 432 g/mol. The molecule has 34 heavy (non-hydrogen) atoms. The number of phenols is 1. The molecule has 0 unspecified atom stereocenters. The van der Waals surface area contributed by atoms with Crippen molar-refractivity contribution in [2.45, 2.75) is 12.5 Å². The first-order chi connectivity index (χ1) is 16.7. The van der Waals surface area contributed by atoms with Crippen LogP contribution in [-0.2, 0) is 6.61 Å². The number of aromatic hydroxyl groups is 1. The molecule has 0 fully saturated rings. The van der Waals surface area contributed by atoms with E-state index in [2.05, 4.69) is 10.1 Å². The molecule has 1 N–H and O–H groups in total. The molecule has 0 amide bonds. The lowest BCUT2D eigenvalue weighted by molar-refractivity contribution is 0.296. The number of phenolic OH excluding ortho intramolecular Hbond substituents is 1. The lowest BCUT2D eigenvalue weighted by Crippen LogP contribution is -2.15. The normalized spacial score (nSPS) is 14.2. The zero-order valence-electron chi connectivity index (χ0n) is 18.3. The maximum atomic E-state index is 10.0. The van der Waals surface area contributed by atoms with Gasteiger partial charge < -0.3 is 19.3 Å². The fourth-order valence-corrected chi connectivity index (χ4v) is 4.22. The highest BCUT2D eigenvalue weighted by Crippen LogP contribution is 2.48. The average molecular weight is 452 g/mol. The van der Waals surface area contributed by atoms with Crippen molar-refractivity contribution in [2.75, 3.05) is 7.11 Å². The molecule has 0 spiro atoms. The van der Waals surface area contributed by atoms with E-state index in [0.29, 0.717) is 23.1 Å². The molecule has 1 aliphatic heterocycles. The molecule has 0 saturated carbocycles. The molecule has 6 rings (SSSR count). The van der Waals surface area contributed by atoms with Gasteiger partial charge in [-0.05, 0) is 35.9 Å². The van der Waals surface area contributed by atoms with E-state index in [9.17, 15) is 5.11 Å². The van der Waals surface area contributed by atoms with Crippen LogP contribution < -0.4 is 14.2 Å². The first-order valence-corrected chi connectivity index (χ1v) is 10.8. The SMILES string of the molecule is COc1ccc([C@H]2c3ccc(O)cc3Oc3ncn4nc(COc5ccccc5)nc4c32)cc1. The van der Waals surface area contributed by atoms with Gasteiger partial charge in [-0.15, -0.1) is 5.10 Å². The monoisotopic (exact) mass is 452 g/mol. The zero-order valence-corrected chi connectivity index (χ0v) is 18.3. The number of nitrogens with zero attached hydrogens (tertiary/aromatic N) is 4. The molecule has 0 saturated heterocycles. The van der Waals surface area contributed by atoms with Crippen molar-refractivity contribution >= 4 is 5.65 Å². The van der Waals surface area contributed by atoms with Gasteiger partial charge in [-0.1, -0.05) is 36.4 Å². The van der Waals surface area contributed by atoms with Crippen molar-refractivity contribution in [2.24, 2.45) is 0 Å². The molecule has 3 aromatic carbocycles. The van der Waals surface area contributed by atoms with Crippen LogP contribution in [0, 0.1) is 0 Å². The third-order valence-electron chi connectivity index (χ3n) is 5.79. The molecule has 3 heterocycles. The van der Waals surface area contributed by atoms with Gasteiger partial charge in [0.1, 0.15) is 35.9 Å². The molecule has 1 aliphatic rings. The summed E-state index contributed by atoms with van der Waals surface area (Å²) in [6.45, 7) is 0.221. The number of benzene rings is 3. The smallest absolute Gasteiger partial charge is 0.228 e. The summed E-state index contributed by atoms with van der Waals surface area (Å²) in [5, 5.41) is 14.6.